The van der Waals surface area contributed by atoms with Gasteiger partial charge in [0.05, 0.1) is 31.5 Å². The molecule has 0 saturated carbocycles. The van der Waals surface area contributed by atoms with Crippen molar-refractivity contribution in [1.82, 2.24) is 16.2 Å². The predicted octanol–water partition coefficient (Wildman–Crippen LogP) is 1.37. The number of nitrogens with one attached hydrogen (secondary N) is 3. The standard InChI is InChI=1S/C19H29N3O6/c1-5-25-14-9-13(10-15(26-6-2)18(14)27-7-3)19(24)28-11-17(23)20-16-8-12(4)21-22-16/h9-10,12,16,21-22H,5-8,11H2,1-4H3,(H,20,23). The predicted molar refractivity (Wildman–Crippen MR) is 103 cm³/mol. The first-order chi connectivity index (χ1) is 13.5. The van der Waals surface area contributed by atoms with E-state index in [-0.39, 0.29) is 30.3 Å². The van der Waals surface area contributed by atoms with Gasteiger partial charge in [-0.3, -0.25) is 10.2 Å². The summed E-state index contributed by atoms with van der Waals surface area (Å²) in [5.74, 6) is 0.187. The molecule has 2 rings (SSSR count). The van der Waals surface area contributed by atoms with Gasteiger partial charge >= 0.3 is 5.97 Å². The molecule has 1 saturated heterocycles. The van der Waals surface area contributed by atoms with Crippen LogP contribution in [0.2, 0.25) is 0 Å². The van der Waals surface area contributed by atoms with Crippen molar-refractivity contribution in [1.29, 1.82) is 0 Å². The van der Waals surface area contributed by atoms with Gasteiger partial charge in [-0.05, 0) is 46.2 Å². The number of amides is 1. The number of hydrogen-bond acceptors (Lipinski definition) is 8. The Labute approximate surface area is 165 Å². The highest BCUT2D eigenvalue weighted by molar-refractivity contribution is 5.92. The molecule has 0 aliphatic carbocycles. The van der Waals surface area contributed by atoms with Crippen LogP contribution in [0.5, 0.6) is 17.2 Å². The summed E-state index contributed by atoms with van der Waals surface area (Å²) in [5, 5.41) is 2.75. The summed E-state index contributed by atoms with van der Waals surface area (Å²) < 4.78 is 21.9. The maximum absolute atomic E-state index is 12.4. The van der Waals surface area contributed by atoms with E-state index in [0.717, 1.165) is 6.42 Å². The van der Waals surface area contributed by atoms with Crippen LogP contribution in [0.25, 0.3) is 0 Å². The van der Waals surface area contributed by atoms with Crippen molar-refractivity contribution in [3.05, 3.63) is 17.7 Å². The molecule has 3 N–H and O–H groups in total. The normalized spacial score (nSPS) is 18.4. The summed E-state index contributed by atoms with van der Waals surface area (Å²) in [7, 11) is 0. The van der Waals surface area contributed by atoms with Crippen molar-refractivity contribution in [2.24, 2.45) is 0 Å². The lowest BCUT2D eigenvalue weighted by Gasteiger charge is -2.17. The molecule has 1 fully saturated rings. The van der Waals surface area contributed by atoms with Gasteiger partial charge < -0.3 is 24.3 Å². The molecule has 0 radical (unpaired) electrons. The second-order valence-corrected chi connectivity index (χ2v) is 6.22. The highest BCUT2D eigenvalue weighted by Crippen LogP contribution is 2.39. The number of hydrogen-bond donors (Lipinski definition) is 3. The smallest absolute Gasteiger partial charge is 0.338 e. The quantitative estimate of drug-likeness (QED) is 0.510. The second kappa shape index (κ2) is 10.7. The lowest BCUT2D eigenvalue weighted by atomic mass is 10.2. The van der Waals surface area contributed by atoms with Gasteiger partial charge in [0.2, 0.25) is 5.75 Å². The van der Waals surface area contributed by atoms with Crippen molar-refractivity contribution in [2.75, 3.05) is 26.4 Å². The van der Waals surface area contributed by atoms with E-state index in [0.29, 0.717) is 37.1 Å². The van der Waals surface area contributed by atoms with Gasteiger partial charge in [0.25, 0.3) is 5.91 Å². The first kappa shape index (κ1) is 21.8. The summed E-state index contributed by atoms with van der Waals surface area (Å²) in [5.41, 5.74) is 6.17. The minimum absolute atomic E-state index is 0.194. The Kier molecular flexibility index (Phi) is 8.34. The van der Waals surface area contributed by atoms with Crippen molar-refractivity contribution >= 4 is 11.9 Å². The molecule has 1 aliphatic heterocycles. The number of ether oxygens (including phenoxy) is 4. The first-order valence-corrected chi connectivity index (χ1v) is 9.52. The summed E-state index contributed by atoms with van der Waals surface area (Å²) in [6.07, 6.45) is 0.550. The van der Waals surface area contributed by atoms with Crippen LogP contribution in [0, 0.1) is 0 Å². The third-order valence-electron chi connectivity index (χ3n) is 3.91. The van der Waals surface area contributed by atoms with Crippen LogP contribution < -0.4 is 30.4 Å². The molecule has 0 spiro atoms. The van der Waals surface area contributed by atoms with Crippen LogP contribution in [0.4, 0.5) is 0 Å². The topological polar surface area (TPSA) is 107 Å². The van der Waals surface area contributed by atoms with Gasteiger partial charge in [-0.25, -0.2) is 10.2 Å². The van der Waals surface area contributed by atoms with E-state index >= 15 is 0 Å². The number of benzene rings is 1. The Morgan fingerprint density at radius 2 is 1.64 bits per heavy atom. The van der Waals surface area contributed by atoms with E-state index in [1.165, 1.54) is 12.1 Å². The zero-order chi connectivity index (χ0) is 20.5. The summed E-state index contributed by atoms with van der Waals surface area (Å²) in [4.78, 5) is 24.4. The van der Waals surface area contributed by atoms with Crippen LogP contribution in [0.3, 0.4) is 0 Å². The molecular weight excluding hydrogens is 366 g/mol. The van der Waals surface area contributed by atoms with Gasteiger partial charge in [-0.15, -0.1) is 0 Å². The third kappa shape index (κ3) is 6.00. The van der Waals surface area contributed by atoms with Crippen LogP contribution >= 0.6 is 0 Å². The molecule has 0 aromatic heterocycles. The monoisotopic (exact) mass is 395 g/mol. The highest BCUT2D eigenvalue weighted by Gasteiger charge is 2.23. The Morgan fingerprint density at radius 3 is 2.14 bits per heavy atom. The van der Waals surface area contributed by atoms with E-state index in [2.05, 4.69) is 16.2 Å². The molecule has 2 unspecified atom stereocenters. The Bertz CT molecular complexity index is 655. The molecule has 0 bridgehead atoms. The van der Waals surface area contributed by atoms with Crippen molar-refractivity contribution < 1.29 is 28.5 Å². The molecule has 1 amide bonds. The Balaban J connectivity index is 2.05. The molecule has 1 heterocycles. The van der Waals surface area contributed by atoms with Gasteiger partial charge in [0.1, 0.15) is 0 Å². The van der Waals surface area contributed by atoms with Crippen LogP contribution in [-0.4, -0.2) is 50.5 Å². The number of carbonyl (C=O) groups excluding carboxylic acids is 2. The summed E-state index contributed by atoms with van der Waals surface area (Å²) >= 11 is 0. The van der Waals surface area contributed by atoms with E-state index in [1.54, 1.807) is 0 Å². The molecule has 1 aliphatic rings. The van der Waals surface area contributed by atoms with Crippen molar-refractivity contribution in [3.8, 4) is 17.2 Å². The number of carbonyl (C=O) groups is 2. The number of rotatable bonds is 10. The maximum Gasteiger partial charge on any atom is 0.338 e. The Hall–Kier alpha value is -2.52. The average Bonchev–Trinajstić information content (AvgIpc) is 3.07. The fourth-order valence-electron chi connectivity index (χ4n) is 2.77. The SMILES string of the molecule is CCOc1cc(C(=O)OCC(=O)NC2CC(C)NN2)cc(OCC)c1OCC. The second-order valence-electron chi connectivity index (χ2n) is 6.22. The molecular formula is C19H29N3O6. The van der Waals surface area contributed by atoms with Gasteiger partial charge in [-0.1, -0.05) is 0 Å². The van der Waals surface area contributed by atoms with E-state index in [1.807, 2.05) is 27.7 Å². The molecule has 1 aromatic rings. The van der Waals surface area contributed by atoms with E-state index in [9.17, 15) is 9.59 Å². The number of hydrazine groups is 1. The van der Waals surface area contributed by atoms with Crippen LogP contribution in [0.15, 0.2) is 12.1 Å². The first-order valence-electron chi connectivity index (χ1n) is 9.52. The minimum Gasteiger partial charge on any atom is -0.490 e. The maximum atomic E-state index is 12.4. The highest BCUT2D eigenvalue weighted by atomic mass is 16.5. The summed E-state index contributed by atoms with van der Waals surface area (Å²) in [6.45, 7) is 8.34. The third-order valence-corrected chi connectivity index (χ3v) is 3.91. The molecule has 9 heteroatoms. The summed E-state index contributed by atoms with van der Waals surface area (Å²) in [6, 6.07) is 3.31. The van der Waals surface area contributed by atoms with Gasteiger partial charge in [0, 0.05) is 6.04 Å². The molecule has 28 heavy (non-hydrogen) atoms. The lowest BCUT2D eigenvalue weighted by molar-refractivity contribution is -0.125. The molecule has 9 nitrogen and oxygen atoms in total. The van der Waals surface area contributed by atoms with Gasteiger partial charge in [-0.2, -0.15) is 0 Å². The largest absolute Gasteiger partial charge is 0.490 e. The average molecular weight is 395 g/mol. The fraction of sp³-hybridized carbons (Fsp3) is 0.579. The number of esters is 1. The van der Waals surface area contributed by atoms with Crippen LogP contribution in [0.1, 0.15) is 44.5 Å². The minimum atomic E-state index is -0.647. The van der Waals surface area contributed by atoms with E-state index < -0.39 is 5.97 Å². The van der Waals surface area contributed by atoms with E-state index in [4.69, 9.17) is 18.9 Å². The fourth-order valence-corrected chi connectivity index (χ4v) is 2.77. The van der Waals surface area contributed by atoms with Gasteiger partial charge in [0.15, 0.2) is 18.1 Å². The molecule has 1 aromatic carbocycles. The zero-order valence-corrected chi connectivity index (χ0v) is 16.8. The van der Waals surface area contributed by atoms with Crippen LogP contribution in [-0.2, 0) is 9.53 Å². The zero-order valence-electron chi connectivity index (χ0n) is 16.8. The Morgan fingerprint density at radius 1 is 1.04 bits per heavy atom. The van der Waals surface area contributed by atoms with Crippen molar-refractivity contribution in [2.45, 2.75) is 46.3 Å². The lowest BCUT2D eigenvalue weighted by Crippen LogP contribution is -2.45. The van der Waals surface area contributed by atoms with Crippen molar-refractivity contribution in [3.63, 3.8) is 0 Å². The molecule has 2 atom stereocenters. The molecule has 156 valence electrons.